The summed E-state index contributed by atoms with van der Waals surface area (Å²) in [5.74, 6) is 0.0973. The van der Waals surface area contributed by atoms with E-state index in [9.17, 15) is 9.90 Å². The van der Waals surface area contributed by atoms with Gasteiger partial charge >= 0.3 is 0 Å². The van der Waals surface area contributed by atoms with Crippen LogP contribution in [0, 0.1) is 0 Å². The number of aliphatic hydroxyl groups excluding tert-OH is 1. The van der Waals surface area contributed by atoms with Crippen molar-refractivity contribution >= 4 is 5.91 Å². The molecule has 3 saturated heterocycles. The van der Waals surface area contributed by atoms with Crippen LogP contribution in [0.4, 0.5) is 0 Å². The lowest BCUT2D eigenvalue weighted by molar-refractivity contribution is -0.186. The van der Waals surface area contributed by atoms with Gasteiger partial charge in [0.1, 0.15) is 6.10 Å². The number of hydrogen-bond donors (Lipinski definition) is 2. The average Bonchev–Trinajstić information content (AvgIpc) is 3.25. The van der Waals surface area contributed by atoms with Gasteiger partial charge in [-0.2, -0.15) is 0 Å². The van der Waals surface area contributed by atoms with Gasteiger partial charge in [0.2, 0.25) is 5.91 Å². The minimum absolute atomic E-state index is 0.0973. The Kier molecular flexibility index (Phi) is 6.26. The number of ether oxygens (including phenoxy) is 2. The van der Waals surface area contributed by atoms with Crippen LogP contribution in [-0.2, 0) is 20.8 Å². The zero-order valence-electron chi connectivity index (χ0n) is 18.4. The maximum Gasteiger partial charge on any atom is 0.219 e. The number of piperazine rings is 1. The highest BCUT2D eigenvalue weighted by atomic mass is 16.7. The summed E-state index contributed by atoms with van der Waals surface area (Å²) in [4.78, 5) is 15.7. The van der Waals surface area contributed by atoms with E-state index < -0.39 is 12.4 Å². The van der Waals surface area contributed by atoms with Gasteiger partial charge in [-0.05, 0) is 16.7 Å². The van der Waals surface area contributed by atoms with Crippen molar-refractivity contribution < 1.29 is 19.4 Å². The smallest absolute Gasteiger partial charge is 0.219 e. The van der Waals surface area contributed by atoms with Crippen molar-refractivity contribution in [2.45, 2.75) is 44.1 Å². The van der Waals surface area contributed by atoms with E-state index in [4.69, 9.17) is 9.47 Å². The topological polar surface area (TPSA) is 74.3 Å². The van der Waals surface area contributed by atoms with E-state index in [0.717, 1.165) is 5.56 Å². The summed E-state index contributed by atoms with van der Waals surface area (Å²) in [5.41, 5.74) is 3.54. The fourth-order valence-corrected chi connectivity index (χ4v) is 5.06. The van der Waals surface area contributed by atoms with Gasteiger partial charge in [0.25, 0.3) is 0 Å². The van der Waals surface area contributed by atoms with Gasteiger partial charge in [-0.15, -0.1) is 0 Å². The molecule has 0 radical (unpaired) electrons. The quantitative estimate of drug-likeness (QED) is 0.738. The molecule has 3 heterocycles. The molecule has 3 aliphatic heterocycles. The monoisotopic (exact) mass is 437 g/mol. The fraction of sp³-hybridized carbons (Fsp3) is 0.480. The van der Waals surface area contributed by atoms with Crippen LogP contribution in [0.25, 0.3) is 11.1 Å². The maximum absolute atomic E-state index is 11.6. The van der Waals surface area contributed by atoms with E-state index in [2.05, 4.69) is 46.6 Å². The van der Waals surface area contributed by atoms with E-state index in [1.165, 1.54) is 11.1 Å². The molecule has 5 atom stereocenters. The first-order chi connectivity index (χ1) is 15.6. The SMILES string of the molecule is CC(=O)N1CCN([C@H]2[C@@H]3OC[C@@H](O3)[C@@H](NCc3ccc(-c4ccccc4)cc3)[C@@H]2O)CC1. The summed E-state index contributed by atoms with van der Waals surface area (Å²) in [5, 5.41) is 14.8. The van der Waals surface area contributed by atoms with Gasteiger partial charge in [-0.1, -0.05) is 54.6 Å². The van der Waals surface area contributed by atoms with Crippen LogP contribution in [-0.4, -0.2) is 84.2 Å². The van der Waals surface area contributed by atoms with Crippen molar-refractivity contribution in [1.29, 1.82) is 0 Å². The molecule has 3 aliphatic rings. The van der Waals surface area contributed by atoms with Crippen LogP contribution in [0.5, 0.6) is 0 Å². The number of benzene rings is 2. The standard InChI is InChI=1S/C25H31N3O4/c1-17(29)27-11-13-28(14-12-27)23-24(30)22(21-16-31-25(23)32-21)26-15-18-7-9-20(10-8-18)19-5-3-2-4-6-19/h2-10,21-26,30H,11-16H2,1H3/t21-,22-,23-,24+,25-/m1/s1. The van der Waals surface area contributed by atoms with Gasteiger partial charge in [-0.25, -0.2) is 0 Å². The van der Waals surface area contributed by atoms with Crippen molar-refractivity contribution in [3.63, 3.8) is 0 Å². The number of carbonyl (C=O) groups is 1. The molecule has 0 aliphatic carbocycles. The molecular weight excluding hydrogens is 406 g/mol. The highest BCUT2D eigenvalue weighted by Crippen LogP contribution is 2.32. The van der Waals surface area contributed by atoms with Crippen molar-refractivity contribution in [2.75, 3.05) is 32.8 Å². The number of carbonyl (C=O) groups excluding carboxylic acids is 1. The zero-order valence-corrected chi connectivity index (χ0v) is 18.4. The molecular formula is C25H31N3O4. The second-order valence-corrected chi connectivity index (χ2v) is 8.87. The highest BCUT2D eigenvalue weighted by Gasteiger charge is 2.52. The van der Waals surface area contributed by atoms with Gasteiger partial charge in [0.05, 0.1) is 24.8 Å². The molecule has 7 heteroatoms. The second kappa shape index (κ2) is 9.29. The predicted molar refractivity (Wildman–Crippen MR) is 121 cm³/mol. The minimum atomic E-state index is -0.603. The van der Waals surface area contributed by atoms with Crippen LogP contribution >= 0.6 is 0 Å². The molecule has 2 aromatic rings. The van der Waals surface area contributed by atoms with Crippen LogP contribution in [0.1, 0.15) is 12.5 Å². The minimum Gasteiger partial charge on any atom is -0.390 e. The van der Waals surface area contributed by atoms with E-state index in [1.807, 2.05) is 23.1 Å². The van der Waals surface area contributed by atoms with Crippen molar-refractivity contribution in [3.05, 3.63) is 60.2 Å². The second-order valence-electron chi connectivity index (χ2n) is 8.87. The Morgan fingerprint density at radius 1 is 1.03 bits per heavy atom. The average molecular weight is 438 g/mol. The summed E-state index contributed by atoms with van der Waals surface area (Å²) in [6.45, 7) is 5.49. The van der Waals surface area contributed by atoms with Crippen molar-refractivity contribution in [2.24, 2.45) is 0 Å². The molecule has 32 heavy (non-hydrogen) atoms. The molecule has 0 spiro atoms. The number of nitrogens with zero attached hydrogens (tertiary/aromatic N) is 2. The Morgan fingerprint density at radius 2 is 1.72 bits per heavy atom. The number of fused-ring (bicyclic) bond motifs is 2. The highest BCUT2D eigenvalue weighted by molar-refractivity contribution is 5.73. The largest absolute Gasteiger partial charge is 0.390 e. The number of amides is 1. The van der Waals surface area contributed by atoms with Gasteiger partial charge in [0, 0.05) is 39.6 Å². The third-order valence-corrected chi connectivity index (χ3v) is 6.92. The van der Waals surface area contributed by atoms with Crippen LogP contribution in [0.3, 0.4) is 0 Å². The van der Waals surface area contributed by atoms with E-state index in [1.54, 1.807) is 6.92 Å². The predicted octanol–water partition coefficient (Wildman–Crippen LogP) is 1.46. The normalized spacial score (nSPS) is 30.4. The molecule has 0 aromatic heterocycles. The molecule has 170 valence electrons. The maximum atomic E-state index is 11.6. The van der Waals surface area contributed by atoms with E-state index in [0.29, 0.717) is 39.3 Å². The zero-order chi connectivity index (χ0) is 22.1. The van der Waals surface area contributed by atoms with Gasteiger partial charge in [0.15, 0.2) is 6.29 Å². The summed E-state index contributed by atoms with van der Waals surface area (Å²) in [6.07, 6.45) is -1.18. The van der Waals surface area contributed by atoms with Crippen LogP contribution < -0.4 is 5.32 Å². The Labute approximate surface area is 188 Å². The molecule has 0 unspecified atom stereocenters. The Balaban J connectivity index is 1.22. The number of hydrogen-bond acceptors (Lipinski definition) is 6. The summed E-state index contributed by atoms with van der Waals surface area (Å²) < 4.78 is 12.0. The molecule has 3 fully saturated rings. The summed E-state index contributed by atoms with van der Waals surface area (Å²) in [7, 11) is 0. The molecule has 0 saturated carbocycles. The first-order valence-electron chi connectivity index (χ1n) is 11.4. The molecule has 1 amide bonds. The molecule has 2 bridgehead atoms. The number of nitrogens with one attached hydrogen (secondary N) is 1. The van der Waals surface area contributed by atoms with E-state index >= 15 is 0 Å². The van der Waals surface area contributed by atoms with Crippen molar-refractivity contribution in [1.82, 2.24) is 15.1 Å². The Hall–Kier alpha value is -2.29. The fourth-order valence-electron chi connectivity index (χ4n) is 5.06. The summed E-state index contributed by atoms with van der Waals surface area (Å²) in [6, 6.07) is 18.4. The lowest BCUT2D eigenvalue weighted by Gasteiger charge is -2.46. The third-order valence-electron chi connectivity index (χ3n) is 6.92. The van der Waals surface area contributed by atoms with Crippen LogP contribution in [0.15, 0.2) is 54.6 Å². The van der Waals surface area contributed by atoms with Gasteiger partial charge < -0.3 is 24.8 Å². The van der Waals surface area contributed by atoms with Gasteiger partial charge in [-0.3, -0.25) is 9.69 Å². The van der Waals surface area contributed by atoms with Crippen molar-refractivity contribution in [3.8, 4) is 11.1 Å². The number of rotatable bonds is 5. The van der Waals surface area contributed by atoms with Crippen LogP contribution in [0.2, 0.25) is 0 Å². The summed E-state index contributed by atoms with van der Waals surface area (Å²) >= 11 is 0. The first kappa shape index (κ1) is 21.6. The lowest BCUT2D eigenvalue weighted by atomic mass is 9.94. The Bertz CT molecular complexity index is 915. The molecule has 2 N–H and O–H groups in total. The molecule has 2 aromatic carbocycles. The Morgan fingerprint density at radius 3 is 2.41 bits per heavy atom. The number of aliphatic hydroxyl groups is 1. The third kappa shape index (κ3) is 4.31. The molecule has 5 rings (SSSR count). The lowest BCUT2D eigenvalue weighted by Crippen LogP contribution is -2.66. The first-order valence-corrected chi connectivity index (χ1v) is 11.4. The molecule has 7 nitrogen and oxygen atoms in total. The van der Waals surface area contributed by atoms with E-state index in [-0.39, 0.29) is 24.1 Å².